The Morgan fingerprint density at radius 1 is 1.00 bits per heavy atom. The van der Waals surface area contributed by atoms with E-state index in [4.69, 9.17) is 38.0 Å². The van der Waals surface area contributed by atoms with Crippen LogP contribution in [0.1, 0.15) is 25.0 Å². The smallest absolute Gasteiger partial charge is 0.281 e. The van der Waals surface area contributed by atoms with E-state index in [2.05, 4.69) is 0 Å². The van der Waals surface area contributed by atoms with E-state index in [0.29, 0.717) is 58.1 Å². The van der Waals surface area contributed by atoms with Crippen LogP contribution in [0.2, 0.25) is 5.02 Å². The monoisotopic (exact) mass is 540 g/mol. The molecule has 1 aliphatic rings. The van der Waals surface area contributed by atoms with Gasteiger partial charge in [0, 0.05) is 12.6 Å². The largest absolute Gasteiger partial charge is 0.494 e. The zero-order valence-electron chi connectivity index (χ0n) is 20.7. The van der Waals surface area contributed by atoms with Gasteiger partial charge in [-0.3, -0.25) is 9.69 Å². The molecule has 0 atom stereocenters. The zero-order valence-corrected chi connectivity index (χ0v) is 22.2. The number of hydrogen-bond donors (Lipinski definition) is 0. The van der Waals surface area contributed by atoms with Crippen molar-refractivity contribution in [2.45, 2.75) is 20.5 Å². The number of ether oxygens (including phenoxy) is 3. The molecule has 9 heteroatoms. The molecule has 0 unspecified atom stereocenters. The summed E-state index contributed by atoms with van der Waals surface area (Å²) in [6.07, 6.45) is 1.69. The Labute approximate surface area is 225 Å². The molecular weight excluding hydrogens is 515 g/mol. The fraction of sp³-hybridized carbons (Fsp3) is 0.214. The van der Waals surface area contributed by atoms with Crippen molar-refractivity contribution in [3.63, 3.8) is 0 Å². The molecule has 0 radical (unpaired) electrons. The van der Waals surface area contributed by atoms with E-state index >= 15 is 0 Å². The van der Waals surface area contributed by atoms with E-state index < -0.39 is 0 Å². The van der Waals surface area contributed by atoms with Crippen LogP contribution in [0.4, 0.5) is 10.1 Å². The molecule has 1 fully saturated rings. The molecule has 0 bridgehead atoms. The third-order valence-corrected chi connectivity index (χ3v) is 6.37. The van der Waals surface area contributed by atoms with Gasteiger partial charge in [0.1, 0.15) is 23.9 Å². The quantitative estimate of drug-likeness (QED) is 0.229. The van der Waals surface area contributed by atoms with Crippen LogP contribution in [0.25, 0.3) is 6.08 Å². The maximum absolute atomic E-state index is 14.0. The fourth-order valence-corrected chi connectivity index (χ4v) is 4.40. The summed E-state index contributed by atoms with van der Waals surface area (Å²) >= 11 is 12.1. The molecule has 6 nitrogen and oxygen atoms in total. The van der Waals surface area contributed by atoms with Crippen LogP contribution >= 0.6 is 23.8 Å². The summed E-state index contributed by atoms with van der Waals surface area (Å²) in [5.41, 5.74) is 2.03. The number of halogens is 2. The minimum absolute atomic E-state index is 0.0144. The summed E-state index contributed by atoms with van der Waals surface area (Å²) in [6.45, 7) is 4.64. The van der Waals surface area contributed by atoms with Gasteiger partial charge in [-0.05, 0) is 80.2 Å². The molecule has 0 spiro atoms. The Morgan fingerprint density at radius 3 is 2.38 bits per heavy atom. The molecule has 3 aromatic carbocycles. The van der Waals surface area contributed by atoms with Crippen molar-refractivity contribution in [2.75, 3.05) is 25.2 Å². The van der Waals surface area contributed by atoms with Crippen molar-refractivity contribution < 1.29 is 23.4 Å². The molecule has 0 N–H and O–H groups in total. The molecule has 0 saturated carbocycles. The van der Waals surface area contributed by atoms with E-state index in [-0.39, 0.29) is 23.4 Å². The van der Waals surface area contributed by atoms with Crippen molar-refractivity contribution in [1.82, 2.24) is 4.90 Å². The molecule has 1 amide bonds. The summed E-state index contributed by atoms with van der Waals surface area (Å²) in [5.74, 6) is 0.756. The van der Waals surface area contributed by atoms with Crippen LogP contribution in [0, 0.1) is 5.82 Å². The molecule has 1 aliphatic heterocycles. The van der Waals surface area contributed by atoms with Crippen LogP contribution in [0.3, 0.4) is 0 Å². The number of anilines is 1. The van der Waals surface area contributed by atoms with Crippen LogP contribution in [0.5, 0.6) is 17.2 Å². The van der Waals surface area contributed by atoms with Gasteiger partial charge in [-0.2, -0.15) is 0 Å². The third kappa shape index (κ3) is 5.70. The van der Waals surface area contributed by atoms with E-state index in [0.717, 1.165) is 0 Å². The van der Waals surface area contributed by atoms with Crippen LogP contribution < -0.4 is 19.1 Å². The van der Waals surface area contributed by atoms with Gasteiger partial charge >= 0.3 is 0 Å². The molecule has 0 aliphatic carbocycles. The SMILES string of the molecule is CCOc1ccc(N2C(=O)/C(=C/c3cc(Cl)c(OCc4ccccc4F)c(OCC)c3)N(C)C2=S)cc1. The summed E-state index contributed by atoms with van der Waals surface area (Å²) in [5, 5.41) is 0.620. The number of hydrogen-bond acceptors (Lipinski definition) is 5. The maximum Gasteiger partial charge on any atom is 0.281 e. The van der Waals surface area contributed by atoms with E-state index in [1.807, 2.05) is 13.8 Å². The Balaban J connectivity index is 1.62. The molecule has 3 aromatic rings. The Kier molecular flexibility index (Phi) is 8.31. The minimum atomic E-state index is -0.367. The standard InChI is InChI=1S/C28H26ClFN2O4S/c1-4-34-21-12-10-20(11-13-21)32-27(33)24(31(3)28(32)37)15-18-14-22(29)26(25(16-18)35-5-2)36-17-19-8-6-7-9-23(19)30/h6-16H,4-5,17H2,1-3H3/b24-15-. The fourth-order valence-electron chi connectivity index (χ4n) is 3.84. The highest BCUT2D eigenvalue weighted by Crippen LogP contribution is 2.39. The molecule has 1 heterocycles. The number of carbonyl (C=O) groups excluding carboxylic acids is 1. The second kappa shape index (κ2) is 11.6. The average Bonchev–Trinajstić information content (AvgIpc) is 3.08. The Morgan fingerprint density at radius 2 is 1.70 bits per heavy atom. The number of amides is 1. The van der Waals surface area contributed by atoms with Gasteiger partial charge < -0.3 is 19.1 Å². The van der Waals surface area contributed by atoms with E-state index in [1.54, 1.807) is 72.6 Å². The normalized spacial score (nSPS) is 14.5. The van der Waals surface area contributed by atoms with E-state index in [1.165, 1.54) is 11.0 Å². The number of carbonyl (C=O) groups is 1. The van der Waals surface area contributed by atoms with Crippen molar-refractivity contribution in [1.29, 1.82) is 0 Å². The first-order chi connectivity index (χ1) is 17.8. The van der Waals surface area contributed by atoms with Crippen LogP contribution in [-0.2, 0) is 11.4 Å². The summed E-state index contributed by atoms with van der Waals surface area (Å²) in [4.78, 5) is 16.5. The Hall–Kier alpha value is -3.62. The number of likely N-dealkylation sites (N-methyl/N-ethyl adjacent to an activating group) is 1. The number of benzene rings is 3. The van der Waals surface area contributed by atoms with Crippen LogP contribution in [-0.4, -0.2) is 36.2 Å². The van der Waals surface area contributed by atoms with Crippen molar-refractivity contribution in [3.05, 3.63) is 88.3 Å². The maximum atomic E-state index is 14.0. The van der Waals surface area contributed by atoms with Gasteiger partial charge in [-0.15, -0.1) is 0 Å². The highest BCUT2D eigenvalue weighted by Gasteiger charge is 2.37. The lowest BCUT2D eigenvalue weighted by Crippen LogP contribution is -2.31. The van der Waals surface area contributed by atoms with Gasteiger partial charge in [0.25, 0.3) is 5.91 Å². The minimum Gasteiger partial charge on any atom is -0.494 e. The number of rotatable bonds is 9. The van der Waals surface area contributed by atoms with Gasteiger partial charge in [0.15, 0.2) is 16.6 Å². The molecule has 1 saturated heterocycles. The first-order valence-corrected chi connectivity index (χ1v) is 12.5. The summed E-state index contributed by atoms with van der Waals surface area (Å²) < 4.78 is 31.1. The van der Waals surface area contributed by atoms with Gasteiger partial charge in [-0.25, -0.2) is 4.39 Å². The Bertz CT molecular complexity index is 1350. The molecule has 37 heavy (non-hydrogen) atoms. The van der Waals surface area contributed by atoms with E-state index in [9.17, 15) is 9.18 Å². The zero-order chi connectivity index (χ0) is 26.5. The predicted molar refractivity (Wildman–Crippen MR) is 147 cm³/mol. The first kappa shape index (κ1) is 26.4. The van der Waals surface area contributed by atoms with Gasteiger partial charge in [0.05, 0.1) is 23.9 Å². The first-order valence-electron chi connectivity index (χ1n) is 11.7. The van der Waals surface area contributed by atoms with Crippen molar-refractivity contribution in [2.24, 2.45) is 0 Å². The van der Waals surface area contributed by atoms with Crippen molar-refractivity contribution >= 4 is 46.6 Å². The number of thiocarbonyl (C=S) groups is 1. The third-order valence-electron chi connectivity index (χ3n) is 5.63. The highest BCUT2D eigenvalue weighted by atomic mass is 35.5. The topological polar surface area (TPSA) is 51.2 Å². The lowest BCUT2D eigenvalue weighted by molar-refractivity contribution is -0.114. The molecule has 0 aromatic heterocycles. The van der Waals surface area contributed by atoms with Gasteiger partial charge in [-0.1, -0.05) is 29.8 Å². The lowest BCUT2D eigenvalue weighted by atomic mass is 10.1. The average molecular weight is 541 g/mol. The highest BCUT2D eigenvalue weighted by molar-refractivity contribution is 7.80. The summed E-state index contributed by atoms with van der Waals surface area (Å²) in [7, 11) is 1.73. The van der Waals surface area contributed by atoms with Gasteiger partial charge in [0.2, 0.25) is 0 Å². The molecular formula is C28H26ClFN2O4S. The predicted octanol–water partition coefficient (Wildman–Crippen LogP) is 6.46. The van der Waals surface area contributed by atoms with Crippen molar-refractivity contribution in [3.8, 4) is 17.2 Å². The second-order valence-electron chi connectivity index (χ2n) is 8.08. The van der Waals surface area contributed by atoms with Crippen LogP contribution in [0.15, 0.2) is 66.4 Å². The molecule has 4 rings (SSSR count). The molecule has 192 valence electrons. The summed E-state index contributed by atoms with van der Waals surface area (Å²) in [6, 6.07) is 16.9. The lowest BCUT2D eigenvalue weighted by Gasteiger charge is -2.17. The number of nitrogens with zero attached hydrogens (tertiary/aromatic N) is 2. The second-order valence-corrected chi connectivity index (χ2v) is 8.85.